The van der Waals surface area contributed by atoms with E-state index in [-0.39, 0.29) is 30.6 Å². The number of rotatable bonds is 4. The average Bonchev–Trinajstić information content (AvgIpc) is 2.97. The second-order valence-electron chi connectivity index (χ2n) is 7.32. The van der Waals surface area contributed by atoms with E-state index in [0.29, 0.717) is 18.5 Å². The summed E-state index contributed by atoms with van der Waals surface area (Å²) in [4.78, 5) is 31.2. The standard InChI is InChI=1S/C21H22N2O3.H2S/c24-14-19(25)16-5-4-15-6-7-21(12-17(15)11-16)8-10-23(20(21)26)13-18-3-1-2-9-22-18;/h1-5,9,11,24H,6-8,10,12-14H2;1H2/t21-;/m1./s1. The van der Waals surface area contributed by atoms with Gasteiger partial charge in [0.25, 0.3) is 0 Å². The van der Waals surface area contributed by atoms with Gasteiger partial charge in [-0.2, -0.15) is 13.5 Å². The SMILES string of the molecule is O=C(CO)c1ccc2c(c1)C[C@@]1(CC2)CCN(Cc2ccccn2)C1=O.S. The van der Waals surface area contributed by atoms with Crippen LogP contribution in [0.3, 0.4) is 0 Å². The molecular weight excluding hydrogens is 360 g/mol. The summed E-state index contributed by atoms with van der Waals surface area (Å²) < 4.78 is 0. The van der Waals surface area contributed by atoms with Crippen LogP contribution in [0.1, 0.15) is 40.0 Å². The van der Waals surface area contributed by atoms with Gasteiger partial charge in [0.2, 0.25) is 5.91 Å². The fraction of sp³-hybridized carbons (Fsp3) is 0.381. The zero-order chi connectivity index (χ0) is 18.1. The summed E-state index contributed by atoms with van der Waals surface area (Å²) in [6, 6.07) is 11.4. The minimum absolute atomic E-state index is 0. The molecule has 5 nitrogen and oxygen atoms in total. The number of aliphatic hydroxyl groups is 1. The van der Waals surface area contributed by atoms with Crippen LogP contribution in [-0.2, 0) is 24.2 Å². The van der Waals surface area contributed by atoms with Crippen molar-refractivity contribution in [2.24, 2.45) is 5.41 Å². The molecule has 1 aliphatic heterocycles. The number of aliphatic hydroxyl groups excluding tert-OH is 1. The zero-order valence-corrected chi connectivity index (χ0v) is 16.1. The molecule has 2 aromatic rings. The summed E-state index contributed by atoms with van der Waals surface area (Å²) in [5.41, 5.74) is 3.36. The molecule has 1 aliphatic carbocycles. The number of benzene rings is 1. The number of carbonyl (C=O) groups is 2. The molecule has 6 heteroatoms. The third-order valence-corrected chi connectivity index (χ3v) is 5.75. The first-order valence-corrected chi connectivity index (χ1v) is 9.06. The summed E-state index contributed by atoms with van der Waals surface area (Å²) in [5, 5.41) is 9.10. The molecule has 0 bridgehead atoms. The van der Waals surface area contributed by atoms with E-state index in [0.717, 1.165) is 37.1 Å². The highest BCUT2D eigenvalue weighted by Crippen LogP contribution is 2.44. The molecule has 1 spiro atoms. The van der Waals surface area contributed by atoms with E-state index in [1.54, 1.807) is 12.3 Å². The molecule has 1 aromatic carbocycles. The quantitative estimate of drug-likeness (QED) is 0.821. The van der Waals surface area contributed by atoms with Crippen molar-refractivity contribution < 1.29 is 14.7 Å². The second kappa shape index (κ2) is 7.82. The van der Waals surface area contributed by atoms with Crippen molar-refractivity contribution in [1.29, 1.82) is 0 Å². The number of hydrogen-bond acceptors (Lipinski definition) is 4. The number of nitrogens with zero attached hydrogens (tertiary/aromatic N) is 2. The highest BCUT2D eigenvalue weighted by atomic mass is 32.1. The predicted octanol–water partition coefficient (Wildman–Crippen LogP) is 2.28. The van der Waals surface area contributed by atoms with Gasteiger partial charge in [-0.3, -0.25) is 14.6 Å². The Balaban J connectivity index is 0.00000210. The van der Waals surface area contributed by atoms with E-state index in [9.17, 15) is 9.59 Å². The van der Waals surface area contributed by atoms with Crippen molar-refractivity contribution in [2.45, 2.75) is 32.2 Å². The van der Waals surface area contributed by atoms with Crippen LogP contribution >= 0.6 is 13.5 Å². The molecule has 0 unspecified atom stereocenters. The number of ketones is 1. The van der Waals surface area contributed by atoms with Crippen molar-refractivity contribution in [3.05, 3.63) is 65.0 Å². The highest BCUT2D eigenvalue weighted by molar-refractivity contribution is 7.59. The molecule has 1 amide bonds. The Morgan fingerprint density at radius 1 is 1.19 bits per heavy atom. The summed E-state index contributed by atoms with van der Waals surface area (Å²) in [7, 11) is 0. The Hall–Kier alpha value is -2.18. The lowest BCUT2D eigenvalue weighted by Gasteiger charge is -2.33. The molecule has 1 aromatic heterocycles. The summed E-state index contributed by atoms with van der Waals surface area (Å²) in [5.74, 6) is -0.0744. The third kappa shape index (κ3) is 3.64. The average molecular weight is 385 g/mol. The van der Waals surface area contributed by atoms with E-state index in [2.05, 4.69) is 4.98 Å². The minimum atomic E-state index is -0.485. The number of hydrogen-bond donors (Lipinski definition) is 1. The van der Waals surface area contributed by atoms with Crippen LogP contribution < -0.4 is 0 Å². The summed E-state index contributed by atoms with van der Waals surface area (Å²) in [6.45, 7) is 0.817. The molecule has 0 saturated carbocycles. The van der Waals surface area contributed by atoms with E-state index < -0.39 is 6.61 Å². The van der Waals surface area contributed by atoms with E-state index in [1.165, 1.54) is 5.56 Å². The van der Waals surface area contributed by atoms with Gasteiger partial charge in [-0.25, -0.2) is 0 Å². The number of amides is 1. The van der Waals surface area contributed by atoms with Crippen molar-refractivity contribution >= 4 is 25.2 Å². The van der Waals surface area contributed by atoms with Crippen LogP contribution in [0.15, 0.2) is 42.6 Å². The molecular formula is C21H24N2O3S. The third-order valence-electron chi connectivity index (χ3n) is 5.75. The number of carbonyl (C=O) groups excluding carboxylic acids is 2. The van der Waals surface area contributed by atoms with Gasteiger partial charge in [0.1, 0.15) is 6.61 Å². The second-order valence-corrected chi connectivity index (χ2v) is 7.32. The topological polar surface area (TPSA) is 70.5 Å². The van der Waals surface area contributed by atoms with Crippen molar-refractivity contribution in [3.8, 4) is 0 Å². The van der Waals surface area contributed by atoms with Crippen LogP contribution in [-0.4, -0.2) is 39.8 Å². The van der Waals surface area contributed by atoms with Crippen molar-refractivity contribution in [3.63, 3.8) is 0 Å². The van der Waals surface area contributed by atoms with Gasteiger partial charge >= 0.3 is 0 Å². The lowest BCUT2D eigenvalue weighted by Crippen LogP contribution is -2.38. The normalized spacial score (nSPS) is 21.1. The van der Waals surface area contributed by atoms with Gasteiger partial charge in [-0.05, 0) is 55.0 Å². The Labute approximate surface area is 165 Å². The molecule has 1 N–H and O–H groups in total. The summed E-state index contributed by atoms with van der Waals surface area (Å²) in [6.07, 6.45) is 4.97. The lowest BCUT2D eigenvalue weighted by molar-refractivity contribution is -0.137. The first-order chi connectivity index (χ1) is 12.6. The van der Waals surface area contributed by atoms with Gasteiger partial charge in [-0.15, -0.1) is 0 Å². The molecule has 1 atom stereocenters. The van der Waals surface area contributed by atoms with Gasteiger partial charge < -0.3 is 10.0 Å². The molecule has 2 heterocycles. The number of Topliss-reactive ketones (excluding diaryl/α,β-unsaturated/α-hetero) is 1. The maximum atomic E-state index is 13.2. The fourth-order valence-corrected chi connectivity index (χ4v) is 4.25. The van der Waals surface area contributed by atoms with Crippen molar-refractivity contribution in [2.75, 3.05) is 13.2 Å². The lowest BCUT2D eigenvalue weighted by atomic mass is 9.70. The molecule has 0 radical (unpaired) electrons. The molecule has 1 saturated heterocycles. The van der Waals surface area contributed by atoms with Crippen LogP contribution in [0.25, 0.3) is 0 Å². The first kappa shape index (κ1) is 19.6. The summed E-state index contributed by atoms with van der Waals surface area (Å²) >= 11 is 0. The number of aryl methyl sites for hydroxylation is 1. The first-order valence-electron chi connectivity index (χ1n) is 9.06. The smallest absolute Gasteiger partial charge is 0.229 e. The molecule has 2 aliphatic rings. The van der Waals surface area contributed by atoms with Crippen LogP contribution in [0.2, 0.25) is 0 Å². The Bertz CT molecular complexity index is 856. The van der Waals surface area contributed by atoms with Crippen molar-refractivity contribution in [1.82, 2.24) is 9.88 Å². The van der Waals surface area contributed by atoms with Gasteiger partial charge in [0.15, 0.2) is 5.78 Å². The number of likely N-dealkylation sites (tertiary alicyclic amines) is 1. The zero-order valence-electron chi connectivity index (χ0n) is 15.1. The maximum absolute atomic E-state index is 13.2. The molecule has 142 valence electrons. The maximum Gasteiger partial charge on any atom is 0.229 e. The Kier molecular flexibility index (Phi) is 5.67. The Morgan fingerprint density at radius 2 is 2.04 bits per heavy atom. The predicted molar refractivity (Wildman–Crippen MR) is 107 cm³/mol. The molecule has 1 fully saturated rings. The van der Waals surface area contributed by atoms with Crippen LogP contribution in [0.4, 0.5) is 0 Å². The fourth-order valence-electron chi connectivity index (χ4n) is 4.25. The van der Waals surface area contributed by atoms with E-state index >= 15 is 0 Å². The number of fused-ring (bicyclic) bond motifs is 1. The number of pyridine rings is 1. The minimum Gasteiger partial charge on any atom is -0.388 e. The monoisotopic (exact) mass is 384 g/mol. The van der Waals surface area contributed by atoms with Gasteiger partial charge in [0, 0.05) is 18.3 Å². The number of aromatic nitrogens is 1. The molecule has 27 heavy (non-hydrogen) atoms. The van der Waals surface area contributed by atoms with Crippen LogP contribution in [0, 0.1) is 5.41 Å². The largest absolute Gasteiger partial charge is 0.388 e. The molecule has 4 rings (SSSR count). The van der Waals surface area contributed by atoms with Gasteiger partial charge in [0.05, 0.1) is 17.7 Å². The van der Waals surface area contributed by atoms with E-state index in [4.69, 9.17) is 5.11 Å². The van der Waals surface area contributed by atoms with Crippen LogP contribution in [0.5, 0.6) is 0 Å². The highest BCUT2D eigenvalue weighted by Gasteiger charge is 2.48. The Morgan fingerprint density at radius 3 is 2.78 bits per heavy atom. The van der Waals surface area contributed by atoms with Gasteiger partial charge in [-0.1, -0.05) is 18.2 Å². The van der Waals surface area contributed by atoms with E-state index in [1.807, 2.05) is 35.2 Å².